The number of benzene rings is 3. The van der Waals surface area contributed by atoms with E-state index in [1.165, 1.54) is 12.1 Å². The van der Waals surface area contributed by atoms with Gasteiger partial charge >= 0.3 is 5.97 Å². The lowest BCUT2D eigenvalue weighted by Crippen LogP contribution is -2.10. The van der Waals surface area contributed by atoms with Crippen molar-refractivity contribution in [3.05, 3.63) is 77.6 Å². The molecule has 0 atom stereocenters. The van der Waals surface area contributed by atoms with Crippen LogP contribution in [-0.2, 0) is 11.3 Å². The van der Waals surface area contributed by atoms with E-state index < -0.39 is 18.4 Å². The molecule has 2 N–H and O–H groups in total. The van der Waals surface area contributed by atoms with Crippen LogP contribution < -0.4 is 14.8 Å². The van der Waals surface area contributed by atoms with Crippen molar-refractivity contribution in [1.29, 1.82) is 0 Å². The molecule has 5 nitrogen and oxygen atoms in total. The highest BCUT2D eigenvalue weighted by molar-refractivity contribution is 5.69. The average molecular weight is 423 g/mol. The molecule has 0 spiro atoms. The SMILES string of the molecule is Cc1cc(OC(C)C)ccc1-c1cccc(CNc2ccc(OCC(=O)O)c(F)c2)c1. The first-order chi connectivity index (χ1) is 14.8. The predicted octanol–water partition coefficient (Wildman–Crippen LogP) is 5.66. The maximum atomic E-state index is 14.1. The second kappa shape index (κ2) is 9.98. The summed E-state index contributed by atoms with van der Waals surface area (Å²) in [5.41, 5.74) is 4.98. The van der Waals surface area contributed by atoms with E-state index in [1.54, 1.807) is 6.07 Å². The highest BCUT2D eigenvalue weighted by Crippen LogP contribution is 2.28. The highest BCUT2D eigenvalue weighted by atomic mass is 19.1. The molecule has 6 heteroatoms. The molecule has 0 aliphatic heterocycles. The van der Waals surface area contributed by atoms with Crippen molar-refractivity contribution < 1.29 is 23.8 Å². The molecule has 31 heavy (non-hydrogen) atoms. The third kappa shape index (κ3) is 6.22. The summed E-state index contributed by atoms with van der Waals surface area (Å²) < 4.78 is 24.8. The smallest absolute Gasteiger partial charge is 0.341 e. The second-order valence-corrected chi connectivity index (χ2v) is 7.52. The number of nitrogens with one attached hydrogen (secondary N) is 1. The van der Waals surface area contributed by atoms with Gasteiger partial charge in [-0.05, 0) is 73.4 Å². The molecule has 0 fully saturated rings. The molecular formula is C25H26FNO4. The van der Waals surface area contributed by atoms with E-state index in [2.05, 4.69) is 30.4 Å². The molecule has 0 aliphatic carbocycles. The summed E-state index contributed by atoms with van der Waals surface area (Å²) in [4.78, 5) is 10.6. The zero-order valence-corrected chi connectivity index (χ0v) is 17.8. The Hall–Kier alpha value is -3.54. The van der Waals surface area contributed by atoms with Gasteiger partial charge in [0.2, 0.25) is 0 Å². The minimum Gasteiger partial charge on any atom is -0.491 e. The van der Waals surface area contributed by atoms with Gasteiger partial charge in [-0.25, -0.2) is 9.18 Å². The van der Waals surface area contributed by atoms with Crippen LogP contribution in [0, 0.1) is 12.7 Å². The van der Waals surface area contributed by atoms with Crippen molar-refractivity contribution in [3.63, 3.8) is 0 Å². The van der Waals surface area contributed by atoms with E-state index in [9.17, 15) is 9.18 Å². The number of ether oxygens (including phenoxy) is 2. The van der Waals surface area contributed by atoms with Crippen LogP contribution in [0.4, 0.5) is 10.1 Å². The van der Waals surface area contributed by atoms with Crippen molar-refractivity contribution in [2.75, 3.05) is 11.9 Å². The molecular weight excluding hydrogens is 397 g/mol. The summed E-state index contributed by atoms with van der Waals surface area (Å²) in [6.45, 7) is 5.99. The number of carboxylic acid groups (broad SMARTS) is 1. The van der Waals surface area contributed by atoms with E-state index in [4.69, 9.17) is 14.6 Å². The normalized spacial score (nSPS) is 10.7. The van der Waals surface area contributed by atoms with Crippen LogP contribution in [0.2, 0.25) is 0 Å². The fourth-order valence-corrected chi connectivity index (χ4v) is 3.23. The lowest BCUT2D eigenvalue weighted by Gasteiger charge is -2.14. The predicted molar refractivity (Wildman–Crippen MR) is 119 cm³/mol. The Labute approximate surface area is 181 Å². The summed E-state index contributed by atoms with van der Waals surface area (Å²) in [7, 11) is 0. The molecule has 162 valence electrons. The molecule has 0 aliphatic rings. The first-order valence-electron chi connectivity index (χ1n) is 10.1. The molecule has 0 bridgehead atoms. The minimum absolute atomic E-state index is 0.0877. The first-order valence-corrected chi connectivity index (χ1v) is 10.1. The first kappa shape index (κ1) is 22.2. The van der Waals surface area contributed by atoms with Crippen molar-refractivity contribution in [2.45, 2.75) is 33.4 Å². The van der Waals surface area contributed by atoms with Gasteiger partial charge in [0.15, 0.2) is 18.2 Å². The van der Waals surface area contributed by atoms with Crippen molar-refractivity contribution in [1.82, 2.24) is 0 Å². The fraction of sp³-hybridized carbons (Fsp3) is 0.240. The van der Waals surface area contributed by atoms with Gasteiger partial charge in [0.1, 0.15) is 5.75 Å². The second-order valence-electron chi connectivity index (χ2n) is 7.52. The van der Waals surface area contributed by atoms with Crippen molar-refractivity contribution in [3.8, 4) is 22.6 Å². The lowest BCUT2D eigenvalue weighted by atomic mass is 9.98. The summed E-state index contributed by atoms with van der Waals surface area (Å²) >= 11 is 0. The van der Waals surface area contributed by atoms with Crippen LogP contribution in [0.5, 0.6) is 11.5 Å². The lowest BCUT2D eigenvalue weighted by molar-refractivity contribution is -0.139. The van der Waals surface area contributed by atoms with Crippen LogP contribution in [0.1, 0.15) is 25.0 Å². The number of anilines is 1. The van der Waals surface area contributed by atoms with Crippen LogP contribution in [-0.4, -0.2) is 23.8 Å². The van der Waals surface area contributed by atoms with Crippen molar-refractivity contribution >= 4 is 11.7 Å². The number of hydrogen-bond acceptors (Lipinski definition) is 4. The maximum Gasteiger partial charge on any atom is 0.341 e. The monoisotopic (exact) mass is 423 g/mol. The number of hydrogen-bond donors (Lipinski definition) is 2. The molecule has 0 amide bonds. The number of aryl methyl sites for hydroxylation is 1. The average Bonchev–Trinajstić information content (AvgIpc) is 2.71. The Kier molecular flexibility index (Phi) is 7.13. The van der Waals surface area contributed by atoms with E-state index in [0.29, 0.717) is 12.2 Å². The van der Waals surface area contributed by atoms with E-state index in [1.807, 2.05) is 38.1 Å². The van der Waals surface area contributed by atoms with E-state index in [-0.39, 0.29) is 11.9 Å². The Balaban J connectivity index is 1.69. The molecule has 0 heterocycles. The van der Waals surface area contributed by atoms with E-state index >= 15 is 0 Å². The number of halogens is 1. The topological polar surface area (TPSA) is 67.8 Å². The third-order valence-corrected chi connectivity index (χ3v) is 4.59. The zero-order chi connectivity index (χ0) is 22.4. The molecule has 0 aromatic heterocycles. The molecule has 0 saturated heterocycles. The Bertz CT molecular complexity index is 1070. The van der Waals surface area contributed by atoms with Crippen molar-refractivity contribution in [2.24, 2.45) is 0 Å². The Morgan fingerprint density at radius 2 is 1.90 bits per heavy atom. The van der Waals surface area contributed by atoms with Gasteiger partial charge in [-0.15, -0.1) is 0 Å². The number of aliphatic carboxylic acids is 1. The highest BCUT2D eigenvalue weighted by Gasteiger charge is 2.08. The molecule has 0 unspecified atom stereocenters. The summed E-state index contributed by atoms with van der Waals surface area (Å²) in [6, 6.07) is 18.6. The van der Waals surface area contributed by atoms with E-state index in [0.717, 1.165) is 28.0 Å². The summed E-state index contributed by atoms with van der Waals surface area (Å²) in [5, 5.41) is 11.8. The van der Waals surface area contributed by atoms with Gasteiger partial charge < -0.3 is 19.9 Å². The molecule has 0 saturated carbocycles. The van der Waals surface area contributed by atoms with Gasteiger partial charge in [-0.2, -0.15) is 0 Å². The largest absolute Gasteiger partial charge is 0.491 e. The van der Waals surface area contributed by atoms with Crippen LogP contribution >= 0.6 is 0 Å². The summed E-state index contributed by atoms with van der Waals surface area (Å²) in [5.74, 6) is -1.000. The maximum absolute atomic E-state index is 14.1. The van der Waals surface area contributed by atoms with Gasteiger partial charge in [0.25, 0.3) is 0 Å². The number of carboxylic acids is 1. The molecule has 3 aromatic carbocycles. The summed E-state index contributed by atoms with van der Waals surface area (Å²) in [6.07, 6.45) is 0.127. The van der Waals surface area contributed by atoms with Gasteiger partial charge in [-0.1, -0.05) is 24.3 Å². The Morgan fingerprint density at radius 1 is 1.10 bits per heavy atom. The van der Waals surface area contributed by atoms with Gasteiger partial charge in [-0.3, -0.25) is 0 Å². The molecule has 3 rings (SSSR count). The quantitative estimate of drug-likeness (QED) is 0.465. The molecule has 3 aromatic rings. The van der Waals surface area contributed by atoms with Crippen LogP contribution in [0.3, 0.4) is 0 Å². The van der Waals surface area contributed by atoms with Gasteiger partial charge in [0.05, 0.1) is 6.10 Å². The standard InChI is InChI=1S/C25H26FNO4/c1-16(2)31-21-8-9-22(17(3)11-21)19-6-4-5-18(12-19)14-27-20-7-10-24(23(26)13-20)30-15-25(28)29/h4-13,16,27H,14-15H2,1-3H3,(H,28,29). The van der Waals surface area contributed by atoms with Crippen LogP contribution in [0.15, 0.2) is 60.7 Å². The minimum atomic E-state index is -1.15. The zero-order valence-electron chi connectivity index (χ0n) is 17.8. The molecule has 0 radical (unpaired) electrons. The Morgan fingerprint density at radius 3 is 2.58 bits per heavy atom. The van der Waals surface area contributed by atoms with Gasteiger partial charge in [0, 0.05) is 18.3 Å². The van der Waals surface area contributed by atoms with Crippen LogP contribution in [0.25, 0.3) is 11.1 Å². The fourth-order valence-electron chi connectivity index (χ4n) is 3.23. The number of carbonyl (C=O) groups is 1. The number of rotatable bonds is 9. The third-order valence-electron chi connectivity index (χ3n) is 4.59.